The summed E-state index contributed by atoms with van der Waals surface area (Å²) in [5, 5.41) is 0. The number of fused-ring (bicyclic) bond motifs is 2. The fourth-order valence-corrected chi connectivity index (χ4v) is 4.50. The number of likely N-dealkylation sites (tertiary alicyclic amines) is 1. The van der Waals surface area contributed by atoms with Crippen LogP contribution in [0, 0.1) is 5.92 Å². The lowest BCUT2D eigenvalue weighted by Gasteiger charge is -2.32. The number of carbonyl (C=O) groups excluding carboxylic acids is 1. The van der Waals surface area contributed by atoms with E-state index < -0.39 is 17.8 Å². The van der Waals surface area contributed by atoms with E-state index in [1.54, 1.807) is 53.4 Å². The molecule has 1 aliphatic heterocycles. The summed E-state index contributed by atoms with van der Waals surface area (Å²) in [4.78, 5) is 30.4. The van der Waals surface area contributed by atoms with Gasteiger partial charge in [0.2, 0.25) is 11.7 Å². The van der Waals surface area contributed by atoms with E-state index >= 15 is 0 Å². The predicted octanol–water partition coefficient (Wildman–Crippen LogP) is 3.90. The molecule has 1 amide bonds. The van der Waals surface area contributed by atoms with Gasteiger partial charge in [0.15, 0.2) is 5.58 Å². The minimum atomic E-state index is -4.55. The summed E-state index contributed by atoms with van der Waals surface area (Å²) in [6.07, 6.45) is -3.41. The zero-order valence-electron chi connectivity index (χ0n) is 17.6. The Morgan fingerprint density at radius 2 is 1.67 bits per heavy atom. The van der Waals surface area contributed by atoms with Crippen LogP contribution in [-0.2, 0) is 24.1 Å². The molecular weight excluding hydrogens is 437 g/mol. The first kappa shape index (κ1) is 21.3. The average Bonchev–Trinajstić information content (AvgIpc) is 3.32. The van der Waals surface area contributed by atoms with Crippen molar-refractivity contribution in [1.29, 1.82) is 0 Å². The van der Waals surface area contributed by atoms with E-state index in [2.05, 4.69) is 4.98 Å². The van der Waals surface area contributed by atoms with E-state index in [1.165, 1.54) is 9.13 Å². The van der Waals surface area contributed by atoms with Crippen LogP contribution < -0.4 is 5.76 Å². The summed E-state index contributed by atoms with van der Waals surface area (Å²) in [5.41, 5.74) is 1.74. The van der Waals surface area contributed by atoms with Crippen molar-refractivity contribution in [3.05, 3.63) is 64.9 Å². The molecule has 4 aromatic rings. The van der Waals surface area contributed by atoms with Gasteiger partial charge in [-0.15, -0.1) is 0 Å². The molecule has 0 spiro atoms. The maximum Gasteiger partial charge on any atom is 0.449 e. The average molecular weight is 458 g/mol. The van der Waals surface area contributed by atoms with Crippen molar-refractivity contribution < 1.29 is 22.4 Å². The van der Waals surface area contributed by atoms with Gasteiger partial charge >= 0.3 is 11.9 Å². The molecule has 3 heterocycles. The number of benzene rings is 2. The fraction of sp³-hybridized carbons (Fsp3) is 0.348. The van der Waals surface area contributed by atoms with Gasteiger partial charge in [-0.2, -0.15) is 13.2 Å². The number of rotatable bonds is 4. The first-order valence-corrected chi connectivity index (χ1v) is 10.7. The lowest BCUT2D eigenvalue weighted by molar-refractivity contribution is -0.147. The Hall–Kier alpha value is -3.56. The fourth-order valence-electron chi connectivity index (χ4n) is 4.50. The highest BCUT2D eigenvalue weighted by Gasteiger charge is 2.38. The molecular formula is C23H21F3N4O3. The van der Waals surface area contributed by atoms with E-state index in [1.807, 2.05) is 0 Å². The number of para-hydroxylation sites is 4. The molecule has 172 valence electrons. The second kappa shape index (κ2) is 8.09. The molecule has 2 aromatic heterocycles. The van der Waals surface area contributed by atoms with Crippen molar-refractivity contribution in [2.75, 3.05) is 13.1 Å². The normalized spacial score (nSPS) is 15.5. The van der Waals surface area contributed by atoms with Gasteiger partial charge in [-0.25, -0.2) is 9.78 Å². The molecule has 5 rings (SSSR count). The molecule has 0 bridgehead atoms. The number of aromatic nitrogens is 3. The number of alkyl halides is 3. The van der Waals surface area contributed by atoms with Gasteiger partial charge in [0.05, 0.1) is 16.6 Å². The monoisotopic (exact) mass is 458 g/mol. The quantitative estimate of drug-likeness (QED) is 0.465. The van der Waals surface area contributed by atoms with E-state index in [4.69, 9.17) is 4.42 Å². The maximum absolute atomic E-state index is 13.6. The number of hydrogen-bond acceptors (Lipinski definition) is 4. The highest BCUT2D eigenvalue weighted by molar-refractivity contribution is 5.79. The van der Waals surface area contributed by atoms with Crippen molar-refractivity contribution in [2.24, 2.45) is 5.92 Å². The van der Waals surface area contributed by atoms with Crippen LogP contribution in [0.4, 0.5) is 13.2 Å². The van der Waals surface area contributed by atoms with Crippen molar-refractivity contribution in [2.45, 2.75) is 32.1 Å². The Labute approximate surface area is 186 Å². The van der Waals surface area contributed by atoms with Gasteiger partial charge in [-0.3, -0.25) is 9.36 Å². The van der Waals surface area contributed by atoms with Crippen LogP contribution in [0.1, 0.15) is 18.7 Å². The first-order valence-electron chi connectivity index (χ1n) is 10.7. The van der Waals surface area contributed by atoms with Crippen molar-refractivity contribution >= 4 is 28.0 Å². The molecule has 33 heavy (non-hydrogen) atoms. The largest absolute Gasteiger partial charge is 0.449 e. The zero-order valence-corrected chi connectivity index (χ0v) is 17.6. The van der Waals surface area contributed by atoms with Gasteiger partial charge in [0.25, 0.3) is 0 Å². The minimum absolute atomic E-state index is 0.0229. The standard InChI is InChI=1S/C23H21F3N4O3/c24-23(25,26)21-27-16-5-1-2-6-17(16)29(21)13-15-9-11-28(12-10-15)20(31)14-30-18-7-3-4-8-19(18)33-22(30)32/h1-8,15H,9-14H2. The Bertz CT molecular complexity index is 1380. The first-order chi connectivity index (χ1) is 15.8. The molecule has 2 aromatic carbocycles. The van der Waals surface area contributed by atoms with Gasteiger partial charge in [0, 0.05) is 19.6 Å². The van der Waals surface area contributed by atoms with Gasteiger partial charge < -0.3 is 13.9 Å². The summed E-state index contributed by atoms with van der Waals surface area (Å²) in [6, 6.07) is 13.5. The number of carbonyl (C=O) groups is 1. The second-order valence-electron chi connectivity index (χ2n) is 8.28. The Balaban J connectivity index is 1.28. The van der Waals surface area contributed by atoms with Crippen LogP contribution in [0.2, 0.25) is 0 Å². The smallest absolute Gasteiger partial charge is 0.408 e. The Morgan fingerprint density at radius 1 is 1.00 bits per heavy atom. The van der Waals surface area contributed by atoms with E-state index in [0.29, 0.717) is 48.1 Å². The third-order valence-corrected chi connectivity index (χ3v) is 6.18. The predicted molar refractivity (Wildman–Crippen MR) is 115 cm³/mol. The number of piperidine rings is 1. The van der Waals surface area contributed by atoms with Crippen LogP contribution in [0.25, 0.3) is 22.1 Å². The van der Waals surface area contributed by atoms with Crippen molar-refractivity contribution in [3.8, 4) is 0 Å². The topological polar surface area (TPSA) is 73.3 Å². The van der Waals surface area contributed by atoms with Crippen LogP contribution in [0.5, 0.6) is 0 Å². The van der Waals surface area contributed by atoms with Crippen LogP contribution >= 0.6 is 0 Å². The highest BCUT2D eigenvalue weighted by Crippen LogP contribution is 2.33. The molecule has 0 N–H and O–H groups in total. The van der Waals surface area contributed by atoms with Gasteiger partial charge in [-0.05, 0) is 43.0 Å². The zero-order chi connectivity index (χ0) is 23.2. The number of nitrogens with zero attached hydrogens (tertiary/aromatic N) is 4. The molecule has 7 nitrogen and oxygen atoms in total. The molecule has 10 heteroatoms. The SMILES string of the molecule is O=C(Cn1c(=O)oc2ccccc21)N1CCC(Cn2c(C(F)(F)F)nc3ccccc32)CC1. The molecule has 0 unspecified atom stereocenters. The Morgan fingerprint density at radius 3 is 2.39 bits per heavy atom. The third-order valence-electron chi connectivity index (χ3n) is 6.18. The van der Waals surface area contributed by atoms with E-state index in [0.717, 1.165) is 0 Å². The lowest BCUT2D eigenvalue weighted by Crippen LogP contribution is -2.42. The second-order valence-corrected chi connectivity index (χ2v) is 8.28. The van der Waals surface area contributed by atoms with Crippen LogP contribution in [-0.4, -0.2) is 38.0 Å². The number of halogens is 3. The lowest BCUT2D eigenvalue weighted by atomic mass is 9.96. The summed E-state index contributed by atoms with van der Waals surface area (Å²) >= 11 is 0. The number of imidazole rings is 1. The third kappa shape index (κ3) is 4.01. The summed E-state index contributed by atoms with van der Waals surface area (Å²) in [5.74, 6) is -1.73. The van der Waals surface area contributed by atoms with E-state index in [-0.39, 0.29) is 24.9 Å². The Kier molecular flexibility index (Phi) is 5.22. The summed E-state index contributed by atoms with van der Waals surface area (Å²) in [6.45, 7) is 0.887. The van der Waals surface area contributed by atoms with Crippen molar-refractivity contribution in [1.82, 2.24) is 19.0 Å². The minimum Gasteiger partial charge on any atom is -0.408 e. The number of amides is 1. The molecule has 1 saturated heterocycles. The van der Waals surface area contributed by atoms with Crippen LogP contribution in [0.15, 0.2) is 57.7 Å². The van der Waals surface area contributed by atoms with Crippen LogP contribution in [0.3, 0.4) is 0 Å². The molecule has 0 aliphatic carbocycles. The number of oxazole rings is 1. The number of hydrogen-bond donors (Lipinski definition) is 0. The molecule has 0 atom stereocenters. The van der Waals surface area contributed by atoms with Gasteiger partial charge in [0.1, 0.15) is 6.54 Å². The van der Waals surface area contributed by atoms with E-state index in [9.17, 15) is 22.8 Å². The molecule has 0 radical (unpaired) electrons. The molecule has 0 saturated carbocycles. The van der Waals surface area contributed by atoms with Crippen molar-refractivity contribution in [3.63, 3.8) is 0 Å². The maximum atomic E-state index is 13.6. The summed E-state index contributed by atoms with van der Waals surface area (Å²) < 4.78 is 48.4. The highest BCUT2D eigenvalue weighted by atomic mass is 19.4. The molecule has 1 aliphatic rings. The summed E-state index contributed by atoms with van der Waals surface area (Å²) in [7, 11) is 0. The molecule has 1 fully saturated rings. The van der Waals surface area contributed by atoms with Gasteiger partial charge in [-0.1, -0.05) is 24.3 Å².